The molecule has 2 rings (SSSR count). The van der Waals surface area contributed by atoms with Crippen molar-refractivity contribution in [2.24, 2.45) is 0 Å². The quantitative estimate of drug-likeness (QED) is 0.590. The standard InChI is InChI=1S/C10H6Cl3NO2/c11-5-1-6(12)4-10(13,3-5)7-2-8(15)14-9(7)16/h1-3H,4H2,(H,14,15,16). The molecule has 16 heavy (non-hydrogen) atoms. The molecule has 2 amide bonds. The van der Waals surface area contributed by atoms with Crippen molar-refractivity contribution in [3.05, 3.63) is 33.9 Å². The Labute approximate surface area is 107 Å². The van der Waals surface area contributed by atoms with Crippen LogP contribution in [0.25, 0.3) is 0 Å². The molecule has 3 nitrogen and oxygen atoms in total. The van der Waals surface area contributed by atoms with Crippen molar-refractivity contribution in [2.75, 3.05) is 0 Å². The highest BCUT2D eigenvalue weighted by Gasteiger charge is 2.40. The van der Waals surface area contributed by atoms with Crippen molar-refractivity contribution < 1.29 is 9.59 Å². The van der Waals surface area contributed by atoms with Gasteiger partial charge in [0.1, 0.15) is 0 Å². The Hall–Kier alpha value is -0.770. The molecule has 1 aliphatic carbocycles. The third-order valence-corrected chi connectivity index (χ3v) is 3.20. The topological polar surface area (TPSA) is 46.2 Å². The Kier molecular flexibility index (Phi) is 2.86. The molecule has 0 spiro atoms. The van der Waals surface area contributed by atoms with Crippen molar-refractivity contribution in [3.63, 3.8) is 0 Å². The van der Waals surface area contributed by atoms with E-state index in [0.717, 1.165) is 0 Å². The van der Waals surface area contributed by atoms with Gasteiger partial charge in [-0.2, -0.15) is 0 Å². The zero-order chi connectivity index (χ0) is 11.9. The summed E-state index contributed by atoms with van der Waals surface area (Å²) in [5, 5.41) is 2.92. The first-order valence-electron chi connectivity index (χ1n) is 4.41. The fourth-order valence-corrected chi connectivity index (χ4v) is 2.88. The largest absolute Gasteiger partial charge is 0.289 e. The predicted molar refractivity (Wildman–Crippen MR) is 62.3 cm³/mol. The maximum Gasteiger partial charge on any atom is 0.256 e. The first-order valence-corrected chi connectivity index (χ1v) is 5.55. The number of carbonyl (C=O) groups is 2. The second-order valence-electron chi connectivity index (χ2n) is 3.54. The Morgan fingerprint density at radius 3 is 2.44 bits per heavy atom. The summed E-state index contributed by atoms with van der Waals surface area (Å²) >= 11 is 18.0. The number of halogens is 3. The fourth-order valence-electron chi connectivity index (χ4n) is 1.65. The number of imide groups is 1. The van der Waals surface area contributed by atoms with Crippen LogP contribution in [0.5, 0.6) is 0 Å². The van der Waals surface area contributed by atoms with Gasteiger partial charge in [-0.25, -0.2) is 0 Å². The van der Waals surface area contributed by atoms with Crippen molar-refractivity contribution >= 4 is 46.6 Å². The Morgan fingerprint density at radius 2 is 1.94 bits per heavy atom. The van der Waals surface area contributed by atoms with Gasteiger partial charge in [0.05, 0.1) is 4.87 Å². The average molecular weight is 279 g/mol. The van der Waals surface area contributed by atoms with Gasteiger partial charge >= 0.3 is 0 Å². The van der Waals surface area contributed by atoms with Crippen molar-refractivity contribution in [1.29, 1.82) is 0 Å². The number of hydrogen-bond donors (Lipinski definition) is 1. The van der Waals surface area contributed by atoms with Crippen molar-refractivity contribution in [2.45, 2.75) is 11.3 Å². The van der Waals surface area contributed by atoms with E-state index in [4.69, 9.17) is 34.8 Å². The van der Waals surface area contributed by atoms with Crippen LogP contribution in [0.15, 0.2) is 33.9 Å². The highest BCUT2D eigenvalue weighted by molar-refractivity contribution is 6.39. The van der Waals surface area contributed by atoms with E-state index < -0.39 is 16.7 Å². The van der Waals surface area contributed by atoms with Crippen molar-refractivity contribution in [3.8, 4) is 0 Å². The Balaban J connectivity index is 2.42. The van der Waals surface area contributed by atoms with E-state index in [0.29, 0.717) is 10.1 Å². The number of allylic oxidation sites excluding steroid dienone is 4. The summed E-state index contributed by atoms with van der Waals surface area (Å²) in [6.07, 6.45) is 4.47. The van der Waals surface area contributed by atoms with Crippen LogP contribution in [0.4, 0.5) is 0 Å². The van der Waals surface area contributed by atoms with Crippen LogP contribution in [0.3, 0.4) is 0 Å². The second kappa shape index (κ2) is 3.91. The van der Waals surface area contributed by atoms with E-state index >= 15 is 0 Å². The molecule has 1 N–H and O–H groups in total. The fraction of sp³-hybridized carbons (Fsp3) is 0.200. The number of carbonyl (C=O) groups excluding carboxylic acids is 2. The van der Waals surface area contributed by atoms with E-state index in [1.54, 1.807) is 6.08 Å². The minimum Gasteiger partial charge on any atom is -0.289 e. The first kappa shape index (κ1) is 11.7. The molecule has 0 fully saturated rings. The monoisotopic (exact) mass is 277 g/mol. The molecule has 0 saturated heterocycles. The van der Waals surface area contributed by atoms with Gasteiger partial charge in [-0.15, -0.1) is 11.6 Å². The summed E-state index contributed by atoms with van der Waals surface area (Å²) in [7, 11) is 0. The van der Waals surface area contributed by atoms with Crippen LogP contribution in [-0.4, -0.2) is 16.7 Å². The number of nitrogens with one attached hydrogen (secondary N) is 1. The van der Waals surface area contributed by atoms with Crippen LogP contribution in [-0.2, 0) is 9.59 Å². The van der Waals surface area contributed by atoms with Gasteiger partial charge in [0.25, 0.3) is 11.8 Å². The summed E-state index contributed by atoms with van der Waals surface area (Å²) in [6.45, 7) is 0. The number of rotatable bonds is 1. The smallest absolute Gasteiger partial charge is 0.256 e. The summed E-state index contributed by atoms with van der Waals surface area (Å²) in [6, 6.07) is 0. The highest BCUT2D eigenvalue weighted by atomic mass is 35.5. The number of amides is 2. The number of alkyl halides is 1. The molecule has 0 aromatic carbocycles. The van der Waals surface area contributed by atoms with Gasteiger partial charge < -0.3 is 0 Å². The lowest BCUT2D eigenvalue weighted by molar-refractivity contribution is -0.123. The minimum atomic E-state index is -1.14. The lowest BCUT2D eigenvalue weighted by Crippen LogP contribution is -2.31. The Morgan fingerprint density at radius 1 is 1.25 bits per heavy atom. The van der Waals surface area contributed by atoms with Crippen LogP contribution in [0.2, 0.25) is 0 Å². The Bertz CT molecular complexity index is 478. The third-order valence-electron chi connectivity index (χ3n) is 2.29. The zero-order valence-electron chi connectivity index (χ0n) is 7.89. The van der Waals surface area contributed by atoms with Crippen LogP contribution in [0.1, 0.15) is 6.42 Å². The molecule has 1 unspecified atom stereocenters. The molecular formula is C10H6Cl3NO2. The van der Waals surface area contributed by atoms with E-state index in [-0.39, 0.29) is 12.0 Å². The molecule has 1 atom stereocenters. The maximum absolute atomic E-state index is 11.5. The summed E-state index contributed by atoms with van der Waals surface area (Å²) < 4.78 is 0. The molecule has 0 aromatic heterocycles. The SMILES string of the molecule is O=C1C=C(C2(Cl)C=C(Cl)C=C(Cl)C2)C(=O)N1. The molecule has 2 aliphatic rings. The number of hydrogen-bond acceptors (Lipinski definition) is 2. The summed E-state index contributed by atoms with van der Waals surface area (Å²) in [5.41, 5.74) is 0.170. The third kappa shape index (κ3) is 2.03. The molecule has 1 heterocycles. The van der Waals surface area contributed by atoms with E-state index in [2.05, 4.69) is 5.32 Å². The van der Waals surface area contributed by atoms with E-state index in [1.165, 1.54) is 12.2 Å². The van der Waals surface area contributed by atoms with Crippen molar-refractivity contribution in [1.82, 2.24) is 5.32 Å². The average Bonchev–Trinajstić information content (AvgIpc) is 2.43. The van der Waals surface area contributed by atoms with E-state index in [1.807, 2.05) is 0 Å². The predicted octanol–water partition coefficient (Wildman–Crippen LogP) is 2.20. The van der Waals surface area contributed by atoms with Gasteiger partial charge in [-0.3, -0.25) is 14.9 Å². The summed E-state index contributed by atoms with van der Waals surface area (Å²) in [4.78, 5) is 21.4. The first-order chi connectivity index (χ1) is 7.40. The van der Waals surface area contributed by atoms with Gasteiger partial charge in [0.2, 0.25) is 0 Å². The summed E-state index contributed by atoms with van der Waals surface area (Å²) in [5.74, 6) is -0.984. The molecule has 0 bridgehead atoms. The molecule has 84 valence electrons. The molecular weight excluding hydrogens is 272 g/mol. The lowest BCUT2D eigenvalue weighted by atomic mass is 9.91. The van der Waals surface area contributed by atoms with Crippen LogP contribution < -0.4 is 5.32 Å². The molecule has 0 radical (unpaired) electrons. The molecule has 0 saturated carbocycles. The van der Waals surface area contributed by atoms with Gasteiger partial charge in [0.15, 0.2) is 0 Å². The zero-order valence-corrected chi connectivity index (χ0v) is 10.2. The van der Waals surface area contributed by atoms with Gasteiger partial charge in [-0.05, 0) is 12.2 Å². The molecule has 0 aromatic rings. The van der Waals surface area contributed by atoms with Crippen LogP contribution >= 0.6 is 34.8 Å². The van der Waals surface area contributed by atoms with Gasteiger partial charge in [-0.1, -0.05) is 23.2 Å². The second-order valence-corrected chi connectivity index (χ2v) is 5.13. The molecule has 1 aliphatic heterocycles. The van der Waals surface area contributed by atoms with Gasteiger partial charge in [0, 0.05) is 28.1 Å². The van der Waals surface area contributed by atoms with E-state index in [9.17, 15) is 9.59 Å². The van der Waals surface area contributed by atoms with Crippen LogP contribution in [0, 0.1) is 0 Å². The minimum absolute atomic E-state index is 0.170. The maximum atomic E-state index is 11.5. The highest BCUT2D eigenvalue weighted by Crippen LogP contribution is 2.41. The normalized spacial score (nSPS) is 29.6. The molecule has 6 heteroatoms. The lowest BCUT2D eigenvalue weighted by Gasteiger charge is -2.26.